The fraction of sp³-hybridized carbons (Fsp3) is 0.533. The summed E-state index contributed by atoms with van der Waals surface area (Å²) in [5.41, 5.74) is 3.69. The van der Waals surface area contributed by atoms with Gasteiger partial charge in [-0.25, -0.2) is 8.58 Å². The average molecular weight is 351 g/mol. The highest BCUT2D eigenvalue weighted by molar-refractivity contribution is 9.08. The molecule has 0 radical (unpaired) electrons. The van der Waals surface area contributed by atoms with Crippen LogP contribution in [-0.4, -0.2) is 18.4 Å². The van der Waals surface area contributed by atoms with E-state index in [0.29, 0.717) is 11.7 Å². The number of nitrogens with zero attached hydrogens (tertiary/aromatic N) is 4. The molecule has 0 aromatic carbocycles. The summed E-state index contributed by atoms with van der Waals surface area (Å²) in [4.78, 5) is 17.1. The zero-order valence-electron chi connectivity index (χ0n) is 12.6. The van der Waals surface area contributed by atoms with Gasteiger partial charge in [0.25, 0.3) is 5.56 Å². The summed E-state index contributed by atoms with van der Waals surface area (Å²) < 4.78 is 3.27. The zero-order valence-corrected chi connectivity index (χ0v) is 14.1. The summed E-state index contributed by atoms with van der Waals surface area (Å²) in [5.74, 6) is 1.08. The minimum Gasteiger partial charge on any atom is -0.272 e. The van der Waals surface area contributed by atoms with Gasteiger partial charge in [-0.2, -0.15) is 5.10 Å². The molecule has 1 fully saturated rings. The van der Waals surface area contributed by atoms with E-state index in [0.717, 1.165) is 35.5 Å². The Bertz CT molecular complexity index is 741. The molecule has 1 saturated carbocycles. The molecule has 0 N–H and O–H groups in total. The van der Waals surface area contributed by atoms with E-state index in [-0.39, 0.29) is 5.56 Å². The summed E-state index contributed by atoms with van der Waals surface area (Å²) in [6.45, 7) is 3.94. The normalized spacial score (nSPS) is 15.8. The van der Waals surface area contributed by atoms with Crippen LogP contribution in [0.1, 0.15) is 48.7 Å². The molecular formula is C15H19BrN4O. The van der Waals surface area contributed by atoms with Crippen molar-refractivity contribution in [1.82, 2.24) is 18.4 Å². The second kappa shape index (κ2) is 5.40. The molecule has 112 valence electrons. The standard InChI is InChI=1S/C15H19BrN4O/c1-9-14(10(2)19(3)18-9)15-17-12(8-13(21)20(15)16)11-6-4-5-7-11/h8,11H,4-7H2,1-3H3. The number of aromatic nitrogens is 4. The van der Waals surface area contributed by atoms with E-state index in [1.165, 1.54) is 16.4 Å². The van der Waals surface area contributed by atoms with Crippen molar-refractivity contribution in [2.75, 3.05) is 0 Å². The van der Waals surface area contributed by atoms with Crippen molar-refractivity contribution in [2.45, 2.75) is 45.4 Å². The maximum absolute atomic E-state index is 12.3. The van der Waals surface area contributed by atoms with Crippen LogP contribution < -0.4 is 5.56 Å². The van der Waals surface area contributed by atoms with Crippen LogP contribution in [0.15, 0.2) is 10.9 Å². The fourth-order valence-corrected chi connectivity index (χ4v) is 3.53. The van der Waals surface area contributed by atoms with Crippen LogP contribution in [0.4, 0.5) is 0 Å². The van der Waals surface area contributed by atoms with Gasteiger partial charge >= 0.3 is 0 Å². The van der Waals surface area contributed by atoms with Crippen LogP contribution >= 0.6 is 16.1 Å². The highest BCUT2D eigenvalue weighted by Gasteiger charge is 2.23. The van der Waals surface area contributed by atoms with Crippen LogP contribution in [-0.2, 0) is 7.05 Å². The Morgan fingerprint density at radius 3 is 2.52 bits per heavy atom. The van der Waals surface area contributed by atoms with E-state index in [4.69, 9.17) is 4.98 Å². The van der Waals surface area contributed by atoms with Crippen molar-refractivity contribution >= 4 is 16.1 Å². The summed E-state index contributed by atoms with van der Waals surface area (Å²) in [6, 6.07) is 1.66. The summed E-state index contributed by atoms with van der Waals surface area (Å²) in [6.07, 6.45) is 4.71. The van der Waals surface area contributed by atoms with E-state index in [1.807, 2.05) is 25.6 Å². The maximum Gasteiger partial charge on any atom is 0.264 e. The second-order valence-electron chi connectivity index (χ2n) is 5.77. The first-order valence-corrected chi connectivity index (χ1v) is 8.00. The third-order valence-corrected chi connectivity index (χ3v) is 5.08. The molecule has 2 heterocycles. The first-order valence-electron chi connectivity index (χ1n) is 7.29. The second-order valence-corrected chi connectivity index (χ2v) is 6.48. The van der Waals surface area contributed by atoms with Gasteiger partial charge in [0, 0.05) is 24.7 Å². The molecule has 0 spiro atoms. The molecule has 0 unspecified atom stereocenters. The highest BCUT2D eigenvalue weighted by Crippen LogP contribution is 2.34. The predicted molar refractivity (Wildman–Crippen MR) is 85.7 cm³/mol. The Morgan fingerprint density at radius 1 is 1.29 bits per heavy atom. The molecule has 0 bridgehead atoms. The molecule has 0 atom stereocenters. The average Bonchev–Trinajstić information content (AvgIpc) is 3.04. The minimum absolute atomic E-state index is 0.0652. The van der Waals surface area contributed by atoms with E-state index < -0.39 is 0 Å². The lowest BCUT2D eigenvalue weighted by molar-refractivity contribution is 0.692. The first-order chi connectivity index (χ1) is 9.99. The monoisotopic (exact) mass is 350 g/mol. The molecule has 1 aliphatic carbocycles. The fourth-order valence-electron chi connectivity index (χ4n) is 3.17. The lowest BCUT2D eigenvalue weighted by Crippen LogP contribution is -2.18. The van der Waals surface area contributed by atoms with Crippen molar-refractivity contribution < 1.29 is 0 Å². The quantitative estimate of drug-likeness (QED) is 0.836. The molecule has 0 amide bonds. The van der Waals surface area contributed by atoms with Gasteiger partial charge in [-0.15, -0.1) is 0 Å². The molecule has 1 aliphatic rings. The first kappa shape index (κ1) is 14.5. The number of aryl methyl sites for hydroxylation is 2. The molecule has 21 heavy (non-hydrogen) atoms. The molecule has 0 aliphatic heterocycles. The SMILES string of the molecule is Cc1nn(C)c(C)c1-c1nc(C2CCCC2)cc(=O)n1Br. The van der Waals surface area contributed by atoms with E-state index in [9.17, 15) is 4.79 Å². The van der Waals surface area contributed by atoms with Crippen LogP contribution in [0, 0.1) is 13.8 Å². The highest BCUT2D eigenvalue weighted by atomic mass is 79.9. The van der Waals surface area contributed by atoms with E-state index in [1.54, 1.807) is 6.07 Å². The zero-order chi connectivity index (χ0) is 15.1. The van der Waals surface area contributed by atoms with Gasteiger partial charge in [0.1, 0.15) is 0 Å². The van der Waals surface area contributed by atoms with Crippen molar-refractivity contribution in [2.24, 2.45) is 7.05 Å². The van der Waals surface area contributed by atoms with Gasteiger partial charge in [-0.1, -0.05) is 12.8 Å². The van der Waals surface area contributed by atoms with Crippen LogP contribution in [0.25, 0.3) is 11.4 Å². The minimum atomic E-state index is -0.0652. The number of rotatable bonds is 2. The Morgan fingerprint density at radius 2 is 1.95 bits per heavy atom. The molecule has 2 aromatic heterocycles. The van der Waals surface area contributed by atoms with Crippen molar-refractivity contribution in [3.63, 3.8) is 0 Å². The Balaban J connectivity index is 2.19. The van der Waals surface area contributed by atoms with Gasteiger partial charge in [0.2, 0.25) is 0 Å². The largest absolute Gasteiger partial charge is 0.272 e. The van der Waals surface area contributed by atoms with Crippen molar-refractivity contribution in [3.05, 3.63) is 33.5 Å². The van der Waals surface area contributed by atoms with Crippen molar-refractivity contribution in [3.8, 4) is 11.4 Å². The lowest BCUT2D eigenvalue weighted by Gasteiger charge is -2.12. The Hall–Kier alpha value is -1.43. The topological polar surface area (TPSA) is 52.7 Å². The Labute approximate surface area is 132 Å². The van der Waals surface area contributed by atoms with Crippen LogP contribution in [0.5, 0.6) is 0 Å². The summed E-state index contributed by atoms with van der Waals surface area (Å²) in [7, 11) is 1.91. The summed E-state index contributed by atoms with van der Waals surface area (Å²) in [5, 5.41) is 4.43. The smallest absolute Gasteiger partial charge is 0.264 e. The van der Waals surface area contributed by atoms with Crippen LogP contribution in [0.3, 0.4) is 0 Å². The third-order valence-electron chi connectivity index (χ3n) is 4.39. The number of halogens is 1. The van der Waals surface area contributed by atoms with Gasteiger partial charge in [-0.05, 0) is 26.7 Å². The van der Waals surface area contributed by atoms with Crippen LogP contribution in [0.2, 0.25) is 0 Å². The summed E-state index contributed by atoms with van der Waals surface area (Å²) >= 11 is 3.34. The molecule has 5 nitrogen and oxygen atoms in total. The lowest BCUT2D eigenvalue weighted by atomic mass is 10.0. The van der Waals surface area contributed by atoms with Gasteiger partial charge in [-0.3, -0.25) is 9.48 Å². The molecule has 3 rings (SSSR count). The predicted octanol–water partition coefficient (Wildman–Crippen LogP) is 3.08. The van der Waals surface area contributed by atoms with Gasteiger partial charge in [0.15, 0.2) is 5.82 Å². The number of hydrogen-bond donors (Lipinski definition) is 0. The van der Waals surface area contributed by atoms with E-state index >= 15 is 0 Å². The maximum atomic E-state index is 12.3. The molecule has 6 heteroatoms. The van der Waals surface area contributed by atoms with Crippen molar-refractivity contribution in [1.29, 1.82) is 0 Å². The van der Waals surface area contributed by atoms with Gasteiger partial charge < -0.3 is 0 Å². The molecule has 2 aromatic rings. The Kier molecular flexibility index (Phi) is 3.73. The van der Waals surface area contributed by atoms with E-state index in [2.05, 4.69) is 21.2 Å². The molecule has 0 saturated heterocycles. The number of hydrogen-bond acceptors (Lipinski definition) is 3. The third kappa shape index (κ3) is 2.46. The van der Waals surface area contributed by atoms with Gasteiger partial charge in [0.05, 0.1) is 33.1 Å². The molecular weight excluding hydrogens is 332 g/mol.